The van der Waals surface area contributed by atoms with Crippen LogP contribution in [0.4, 0.5) is 5.82 Å². The van der Waals surface area contributed by atoms with E-state index in [-0.39, 0.29) is 22.2 Å². The summed E-state index contributed by atoms with van der Waals surface area (Å²) in [7, 11) is -2.40. The molecule has 2 aromatic carbocycles. The van der Waals surface area contributed by atoms with Gasteiger partial charge in [0.1, 0.15) is 0 Å². The quantitative estimate of drug-likeness (QED) is 0.539. The first-order valence-corrected chi connectivity index (χ1v) is 10.4. The van der Waals surface area contributed by atoms with Gasteiger partial charge in [-0.1, -0.05) is 23.7 Å². The first kappa shape index (κ1) is 18.1. The minimum atomic E-state index is -3.84. The van der Waals surface area contributed by atoms with Gasteiger partial charge >= 0.3 is 0 Å². The van der Waals surface area contributed by atoms with Crippen molar-refractivity contribution in [3.05, 3.63) is 71.0 Å². The smallest absolute Gasteiger partial charge is 0.273 e. The number of sulfonamides is 1. The van der Waals surface area contributed by atoms with E-state index in [1.165, 1.54) is 46.9 Å². The summed E-state index contributed by atoms with van der Waals surface area (Å²) >= 11 is 1.31. The van der Waals surface area contributed by atoms with Crippen molar-refractivity contribution >= 4 is 37.5 Å². The van der Waals surface area contributed by atoms with E-state index in [0.29, 0.717) is 11.1 Å². The van der Waals surface area contributed by atoms with E-state index in [1.807, 2.05) is 18.2 Å². The number of hydrogen-bond donors (Lipinski definition) is 1. The average molecular weight is 414 g/mol. The molecule has 0 saturated carbocycles. The van der Waals surface area contributed by atoms with Crippen molar-refractivity contribution in [3.63, 3.8) is 0 Å². The third-order valence-corrected chi connectivity index (χ3v) is 6.44. The van der Waals surface area contributed by atoms with Crippen LogP contribution in [-0.2, 0) is 10.0 Å². The van der Waals surface area contributed by atoms with Crippen LogP contribution in [-0.4, -0.2) is 29.7 Å². The Morgan fingerprint density at radius 3 is 2.39 bits per heavy atom. The molecule has 142 valence electrons. The molecule has 8 nitrogen and oxygen atoms in total. The van der Waals surface area contributed by atoms with Gasteiger partial charge in [-0.15, -0.1) is 10.2 Å². The zero-order chi connectivity index (χ0) is 19.7. The van der Waals surface area contributed by atoms with E-state index < -0.39 is 10.0 Å². The summed E-state index contributed by atoms with van der Waals surface area (Å²) in [5.41, 5.74) is 0.456. The van der Waals surface area contributed by atoms with Crippen molar-refractivity contribution in [2.75, 3.05) is 11.8 Å². The zero-order valence-electron chi connectivity index (χ0n) is 14.6. The van der Waals surface area contributed by atoms with Crippen LogP contribution in [0.15, 0.2) is 70.4 Å². The summed E-state index contributed by atoms with van der Waals surface area (Å²) < 4.78 is 34.7. The molecule has 2 heterocycles. The van der Waals surface area contributed by atoms with E-state index in [1.54, 1.807) is 18.2 Å². The number of hydrogen-bond acceptors (Lipinski definition) is 7. The molecule has 0 atom stereocenters. The van der Waals surface area contributed by atoms with E-state index in [2.05, 4.69) is 14.9 Å². The Balaban J connectivity index is 1.62. The molecule has 0 aliphatic rings. The Bertz CT molecular complexity index is 1290. The lowest BCUT2D eigenvalue weighted by Crippen LogP contribution is -2.15. The fourth-order valence-corrected chi connectivity index (χ4v) is 4.58. The predicted octanol–water partition coefficient (Wildman–Crippen LogP) is 2.65. The molecular weight excluding hydrogens is 400 g/mol. The Hall–Kier alpha value is -3.24. The second-order valence-corrected chi connectivity index (χ2v) is 8.42. The lowest BCUT2D eigenvalue weighted by molar-refractivity contribution is 0.392. The van der Waals surface area contributed by atoms with Gasteiger partial charge in [-0.25, -0.2) is 12.4 Å². The number of fused-ring (bicyclic) bond motifs is 1. The van der Waals surface area contributed by atoms with Gasteiger partial charge in [0.05, 0.1) is 27.8 Å². The van der Waals surface area contributed by atoms with Crippen LogP contribution >= 0.6 is 11.5 Å². The van der Waals surface area contributed by atoms with Crippen molar-refractivity contribution in [1.29, 1.82) is 0 Å². The van der Waals surface area contributed by atoms with Crippen LogP contribution in [0, 0.1) is 0 Å². The van der Waals surface area contributed by atoms with Crippen LogP contribution < -0.4 is 15.0 Å². The Morgan fingerprint density at radius 2 is 1.75 bits per heavy atom. The minimum absolute atomic E-state index is 0.0445. The second-order valence-electron chi connectivity index (χ2n) is 5.75. The summed E-state index contributed by atoms with van der Waals surface area (Å²) in [5, 5.41) is 8.10. The standard InChI is InChI=1S/C18H14N4O4S2/c1-26-17-11-10-16(19-20-17)21-28(24,25)13-8-6-12(7-9-13)22-18(23)14-4-2-3-5-15(14)27-22/h2-11H,1H3,(H,19,21). The maximum Gasteiger partial charge on any atom is 0.273 e. The Morgan fingerprint density at radius 1 is 1.00 bits per heavy atom. The van der Waals surface area contributed by atoms with Crippen LogP contribution in [0.1, 0.15) is 0 Å². The number of methoxy groups -OCH3 is 1. The van der Waals surface area contributed by atoms with Gasteiger partial charge in [0.15, 0.2) is 5.82 Å². The molecule has 0 aliphatic heterocycles. The molecule has 0 spiro atoms. The molecule has 0 unspecified atom stereocenters. The van der Waals surface area contributed by atoms with Crippen molar-refractivity contribution in [2.24, 2.45) is 0 Å². The van der Waals surface area contributed by atoms with E-state index in [9.17, 15) is 13.2 Å². The van der Waals surface area contributed by atoms with Gasteiger partial charge < -0.3 is 4.74 Å². The van der Waals surface area contributed by atoms with Crippen LogP contribution in [0.2, 0.25) is 0 Å². The first-order chi connectivity index (χ1) is 13.5. The highest BCUT2D eigenvalue weighted by molar-refractivity contribution is 7.92. The van der Waals surface area contributed by atoms with E-state index in [0.717, 1.165) is 4.70 Å². The molecule has 0 amide bonds. The molecule has 2 aromatic heterocycles. The van der Waals surface area contributed by atoms with Gasteiger partial charge in [-0.2, -0.15) is 0 Å². The molecule has 28 heavy (non-hydrogen) atoms. The SMILES string of the molecule is COc1ccc(NS(=O)(=O)c2ccc(-n3sc4ccccc4c3=O)cc2)nn1. The van der Waals surface area contributed by atoms with Gasteiger partial charge in [0, 0.05) is 6.07 Å². The molecule has 0 radical (unpaired) electrons. The van der Waals surface area contributed by atoms with Crippen molar-refractivity contribution in [1.82, 2.24) is 14.2 Å². The summed E-state index contributed by atoms with van der Waals surface area (Å²) in [6.07, 6.45) is 0. The highest BCUT2D eigenvalue weighted by Crippen LogP contribution is 2.22. The van der Waals surface area contributed by atoms with Gasteiger partial charge in [-0.05, 0) is 42.5 Å². The normalized spacial score (nSPS) is 11.5. The zero-order valence-corrected chi connectivity index (χ0v) is 16.2. The van der Waals surface area contributed by atoms with E-state index >= 15 is 0 Å². The number of rotatable bonds is 5. The summed E-state index contributed by atoms with van der Waals surface area (Å²) in [5.74, 6) is 0.353. The molecule has 4 aromatic rings. The first-order valence-electron chi connectivity index (χ1n) is 8.10. The highest BCUT2D eigenvalue weighted by Gasteiger charge is 2.16. The lowest BCUT2D eigenvalue weighted by atomic mass is 10.3. The summed E-state index contributed by atoms with van der Waals surface area (Å²) in [6.45, 7) is 0. The number of ether oxygens (including phenoxy) is 1. The molecule has 1 N–H and O–H groups in total. The van der Waals surface area contributed by atoms with Gasteiger partial charge in [0.2, 0.25) is 5.88 Å². The van der Waals surface area contributed by atoms with Crippen molar-refractivity contribution in [3.8, 4) is 11.6 Å². The van der Waals surface area contributed by atoms with Crippen LogP contribution in [0.3, 0.4) is 0 Å². The lowest BCUT2D eigenvalue weighted by Gasteiger charge is -2.08. The Labute approximate surface area is 164 Å². The molecule has 10 heteroatoms. The fraction of sp³-hybridized carbons (Fsp3) is 0.0556. The third-order valence-electron chi connectivity index (χ3n) is 3.96. The monoisotopic (exact) mass is 414 g/mol. The number of aromatic nitrogens is 3. The number of nitrogens with zero attached hydrogens (tertiary/aromatic N) is 3. The van der Waals surface area contributed by atoms with Gasteiger partial charge in [-0.3, -0.25) is 9.52 Å². The van der Waals surface area contributed by atoms with Gasteiger partial charge in [0.25, 0.3) is 15.6 Å². The average Bonchev–Trinajstić information content (AvgIpc) is 3.05. The highest BCUT2D eigenvalue weighted by atomic mass is 32.2. The molecule has 0 aliphatic carbocycles. The number of benzene rings is 2. The summed E-state index contributed by atoms with van der Waals surface area (Å²) in [4.78, 5) is 12.6. The fourth-order valence-electron chi connectivity index (χ4n) is 2.58. The van der Waals surface area contributed by atoms with E-state index in [4.69, 9.17) is 4.74 Å². The summed E-state index contributed by atoms with van der Waals surface area (Å²) in [6, 6.07) is 16.3. The van der Waals surface area contributed by atoms with Crippen molar-refractivity contribution < 1.29 is 13.2 Å². The predicted molar refractivity (Wildman–Crippen MR) is 107 cm³/mol. The molecule has 0 bridgehead atoms. The largest absolute Gasteiger partial charge is 0.480 e. The molecule has 4 rings (SSSR count). The Kier molecular flexibility index (Phi) is 4.57. The van der Waals surface area contributed by atoms with Crippen molar-refractivity contribution in [2.45, 2.75) is 4.90 Å². The minimum Gasteiger partial charge on any atom is -0.480 e. The van der Waals surface area contributed by atoms with Crippen LogP contribution in [0.5, 0.6) is 5.88 Å². The van der Waals surface area contributed by atoms with Crippen LogP contribution in [0.25, 0.3) is 15.8 Å². The third kappa shape index (κ3) is 3.35. The number of nitrogens with one attached hydrogen (secondary N) is 1. The maximum atomic E-state index is 12.5. The maximum absolute atomic E-state index is 12.5. The topological polar surface area (TPSA) is 103 Å². The second kappa shape index (κ2) is 7.06. The number of anilines is 1. The molecule has 0 fully saturated rings. The molecular formula is C18H14N4O4S2. The molecule has 0 saturated heterocycles.